The van der Waals surface area contributed by atoms with Crippen molar-refractivity contribution in [3.63, 3.8) is 0 Å². The Balaban J connectivity index is 1.53. The van der Waals surface area contributed by atoms with Gasteiger partial charge in [-0.15, -0.1) is 11.3 Å². The van der Waals surface area contributed by atoms with Crippen molar-refractivity contribution in [3.05, 3.63) is 86.8 Å². The van der Waals surface area contributed by atoms with Gasteiger partial charge in [0.05, 0.1) is 17.1 Å². The van der Waals surface area contributed by atoms with E-state index in [-0.39, 0.29) is 11.3 Å². The third kappa shape index (κ3) is 5.65. The SMILES string of the molecule is CC(C)(CNC(=O)Cc1csc(Cc2cccc(Cl)c2)n1)c1ccccc1. The first-order chi connectivity index (χ1) is 12.9. The summed E-state index contributed by atoms with van der Waals surface area (Å²) in [6, 6.07) is 18.0. The van der Waals surface area contributed by atoms with Gasteiger partial charge in [0.25, 0.3) is 0 Å². The van der Waals surface area contributed by atoms with E-state index in [0.29, 0.717) is 13.0 Å². The van der Waals surface area contributed by atoms with E-state index in [0.717, 1.165) is 27.7 Å². The lowest BCUT2D eigenvalue weighted by atomic mass is 9.84. The van der Waals surface area contributed by atoms with Crippen LogP contribution in [0.1, 0.15) is 35.7 Å². The Hall–Kier alpha value is -2.17. The minimum absolute atomic E-state index is 0.00129. The summed E-state index contributed by atoms with van der Waals surface area (Å²) >= 11 is 7.61. The molecule has 0 radical (unpaired) electrons. The van der Waals surface area contributed by atoms with Crippen molar-refractivity contribution in [3.8, 4) is 0 Å². The van der Waals surface area contributed by atoms with Crippen LogP contribution in [0.5, 0.6) is 0 Å². The Kier molecular flexibility index (Phi) is 6.30. The molecule has 1 amide bonds. The van der Waals surface area contributed by atoms with Crippen LogP contribution < -0.4 is 5.32 Å². The second kappa shape index (κ2) is 8.68. The van der Waals surface area contributed by atoms with E-state index in [1.54, 1.807) is 11.3 Å². The monoisotopic (exact) mass is 398 g/mol. The van der Waals surface area contributed by atoms with Crippen LogP contribution in [0.4, 0.5) is 0 Å². The molecule has 3 aromatic rings. The van der Waals surface area contributed by atoms with E-state index in [1.165, 1.54) is 5.56 Å². The van der Waals surface area contributed by atoms with E-state index < -0.39 is 0 Å². The van der Waals surface area contributed by atoms with Crippen molar-refractivity contribution in [1.82, 2.24) is 10.3 Å². The van der Waals surface area contributed by atoms with Gasteiger partial charge in [0, 0.05) is 28.8 Å². The van der Waals surface area contributed by atoms with Crippen LogP contribution in [0.25, 0.3) is 0 Å². The Morgan fingerprint density at radius 1 is 1.15 bits per heavy atom. The Bertz CT molecular complexity index is 905. The molecule has 0 spiro atoms. The van der Waals surface area contributed by atoms with E-state index in [1.807, 2.05) is 47.8 Å². The predicted octanol–water partition coefficient (Wildman–Crippen LogP) is 5.02. The molecule has 1 N–H and O–H groups in total. The fourth-order valence-electron chi connectivity index (χ4n) is 2.87. The van der Waals surface area contributed by atoms with Gasteiger partial charge in [0.2, 0.25) is 5.91 Å². The maximum atomic E-state index is 12.3. The standard InChI is InChI=1S/C22H23ClN2OS/c1-22(2,17-8-4-3-5-9-17)15-24-20(26)13-19-14-27-21(25-19)12-16-7-6-10-18(23)11-16/h3-11,14H,12-13,15H2,1-2H3,(H,24,26). The molecule has 0 saturated heterocycles. The van der Waals surface area contributed by atoms with Crippen LogP contribution in [0.2, 0.25) is 5.02 Å². The minimum Gasteiger partial charge on any atom is -0.355 e. The molecule has 5 heteroatoms. The average molecular weight is 399 g/mol. The van der Waals surface area contributed by atoms with E-state index >= 15 is 0 Å². The summed E-state index contributed by atoms with van der Waals surface area (Å²) in [5, 5.41) is 6.72. The number of aromatic nitrogens is 1. The molecule has 1 aromatic heterocycles. The molecular weight excluding hydrogens is 376 g/mol. The fraction of sp³-hybridized carbons (Fsp3) is 0.273. The zero-order chi connectivity index (χ0) is 19.3. The van der Waals surface area contributed by atoms with Gasteiger partial charge >= 0.3 is 0 Å². The van der Waals surface area contributed by atoms with E-state index in [9.17, 15) is 4.79 Å². The van der Waals surface area contributed by atoms with Crippen LogP contribution in [0.15, 0.2) is 60.0 Å². The van der Waals surface area contributed by atoms with Crippen molar-refractivity contribution < 1.29 is 4.79 Å². The van der Waals surface area contributed by atoms with Gasteiger partial charge in [-0.1, -0.05) is 67.9 Å². The lowest BCUT2D eigenvalue weighted by molar-refractivity contribution is -0.120. The molecule has 0 aliphatic heterocycles. The first kappa shape index (κ1) is 19.6. The number of hydrogen-bond acceptors (Lipinski definition) is 3. The Morgan fingerprint density at radius 3 is 2.67 bits per heavy atom. The van der Waals surface area contributed by atoms with Crippen molar-refractivity contribution in [2.45, 2.75) is 32.1 Å². The summed E-state index contributed by atoms with van der Waals surface area (Å²) in [4.78, 5) is 16.9. The number of thiazole rings is 1. The zero-order valence-electron chi connectivity index (χ0n) is 15.5. The summed E-state index contributed by atoms with van der Waals surface area (Å²) in [5.41, 5.74) is 3.03. The predicted molar refractivity (Wildman–Crippen MR) is 113 cm³/mol. The first-order valence-electron chi connectivity index (χ1n) is 8.92. The van der Waals surface area contributed by atoms with Crippen molar-refractivity contribution in [1.29, 1.82) is 0 Å². The van der Waals surface area contributed by atoms with Crippen LogP contribution in [-0.2, 0) is 23.1 Å². The van der Waals surface area contributed by atoms with Crippen molar-refractivity contribution in [2.75, 3.05) is 6.54 Å². The molecule has 0 atom stereocenters. The molecule has 2 aromatic carbocycles. The number of hydrogen-bond donors (Lipinski definition) is 1. The second-order valence-corrected chi connectivity index (χ2v) is 8.62. The van der Waals surface area contributed by atoms with Gasteiger partial charge in [-0.2, -0.15) is 0 Å². The average Bonchev–Trinajstić information content (AvgIpc) is 3.07. The highest BCUT2D eigenvalue weighted by molar-refractivity contribution is 7.09. The van der Waals surface area contributed by atoms with Gasteiger partial charge < -0.3 is 5.32 Å². The Morgan fingerprint density at radius 2 is 1.93 bits per heavy atom. The molecule has 0 unspecified atom stereocenters. The topological polar surface area (TPSA) is 42.0 Å². The number of nitrogens with zero attached hydrogens (tertiary/aromatic N) is 1. The van der Waals surface area contributed by atoms with Gasteiger partial charge in [-0.25, -0.2) is 4.98 Å². The smallest absolute Gasteiger partial charge is 0.226 e. The summed E-state index contributed by atoms with van der Waals surface area (Å²) in [7, 11) is 0. The number of rotatable bonds is 7. The molecule has 0 fully saturated rings. The molecular formula is C22H23ClN2OS. The zero-order valence-corrected chi connectivity index (χ0v) is 17.1. The van der Waals surface area contributed by atoms with Crippen molar-refractivity contribution in [2.24, 2.45) is 0 Å². The normalized spacial score (nSPS) is 11.4. The summed E-state index contributed by atoms with van der Waals surface area (Å²) in [6.45, 7) is 4.86. The van der Waals surface area contributed by atoms with Crippen molar-refractivity contribution >= 4 is 28.8 Å². The summed E-state index contributed by atoms with van der Waals surface area (Å²) in [6.07, 6.45) is 1.03. The summed E-state index contributed by atoms with van der Waals surface area (Å²) in [5.74, 6) is -0.00129. The van der Waals surface area contributed by atoms with Gasteiger partial charge in [-0.05, 0) is 23.3 Å². The van der Waals surface area contributed by atoms with E-state index in [4.69, 9.17) is 11.6 Å². The minimum atomic E-state index is -0.114. The molecule has 0 aliphatic carbocycles. The number of amides is 1. The first-order valence-corrected chi connectivity index (χ1v) is 10.2. The lowest BCUT2D eigenvalue weighted by Gasteiger charge is -2.25. The maximum absolute atomic E-state index is 12.3. The number of carbonyl (C=O) groups is 1. The third-order valence-corrected chi connectivity index (χ3v) is 5.60. The fourth-order valence-corrected chi connectivity index (χ4v) is 3.91. The van der Waals surface area contributed by atoms with Gasteiger partial charge in [0.15, 0.2) is 0 Å². The molecule has 0 bridgehead atoms. The molecule has 1 heterocycles. The highest BCUT2D eigenvalue weighted by Gasteiger charge is 2.21. The van der Waals surface area contributed by atoms with E-state index in [2.05, 4.69) is 36.3 Å². The van der Waals surface area contributed by atoms with Crippen LogP contribution in [0, 0.1) is 0 Å². The summed E-state index contributed by atoms with van der Waals surface area (Å²) < 4.78 is 0. The highest BCUT2D eigenvalue weighted by atomic mass is 35.5. The molecule has 0 saturated carbocycles. The maximum Gasteiger partial charge on any atom is 0.226 e. The quantitative estimate of drug-likeness (QED) is 0.606. The van der Waals surface area contributed by atoms with Crippen LogP contribution in [-0.4, -0.2) is 17.4 Å². The molecule has 3 nitrogen and oxygen atoms in total. The second-order valence-electron chi connectivity index (χ2n) is 7.24. The lowest BCUT2D eigenvalue weighted by Crippen LogP contribution is -2.37. The number of nitrogens with one attached hydrogen (secondary N) is 1. The van der Waals surface area contributed by atoms with Gasteiger partial charge in [-0.3, -0.25) is 4.79 Å². The number of benzene rings is 2. The molecule has 3 rings (SSSR count). The molecule has 27 heavy (non-hydrogen) atoms. The third-order valence-electron chi connectivity index (χ3n) is 4.47. The highest BCUT2D eigenvalue weighted by Crippen LogP contribution is 2.22. The largest absolute Gasteiger partial charge is 0.355 e. The van der Waals surface area contributed by atoms with Crippen LogP contribution >= 0.6 is 22.9 Å². The molecule has 140 valence electrons. The Labute approximate surface area is 169 Å². The number of halogens is 1. The van der Waals surface area contributed by atoms with Crippen LogP contribution in [0.3, 0.4) is 0 Å². The molecule has 0 aliphatic rings. The van der Waals surface area contributed by atoms with Gasteiger partial charge in [0.1, 0.15) is 0 Å². The number of carbonyl (C=O) groups excluding carboxylic acids is 1.